The van der Waals surface area contributed by atoms with Gasteiger partial charge in [-0.2, -0.15) is 5.10 Å². The molecule has 3 rings (SSSR count). The molecule has 2 aromatic heterocycles. The van der Waals surface area contributed by atoms with E-state index in [1.54, 1.807) is 6.20 Å². The van der Waals surface area contributed by atoms with E-state index in [2.05, 4.69) is 28.9 Å². The number of fused-ring (bicyclic) bond motifs is 1. The highest BCUT2D eigenvalue weighted by atomic mass is 15.3. The summed E-state index contributed by atoms with van der Waals surface area (Å²) in [5, 5.41) is 5.56. The summed E-state index contributed by atoms with van der Waals surface area (Å²) in [5.74, 6) is 1.90. The van der Waals surface area contributed by atoms with Gasteiger partial charge < -0.3 is 5.73 Å². The number of hydrogen-bond donors (Lipinski definition) is 1. The molecule has 0 saturated carbocycles. The standard InChI is InChI=1S/C16H19N5/c1-3-14-19-15(4-2)21(20-14)10-11-7-8-13(17)12-6-5-9-18-16(11)12/h5-9H,3-4,10,17H2,1-2H3. The van der Waals surface area contributed by atoms with Crippen LogP contribution in [0.5, 0.6) is 0 Å². The van der Waals surface area contributed by atoms with Gasteiger partial charge in [-0.15, -0.1) is 0 Å². The van der Waals surface area contributed by atoms with Gasteiger partial charge in [-0.1, -0.05) is 19.9 Å². The van der Waals surface area contributed by atoms with Crippen molar-refractivity contribution in [2.45, 2.75) is 33.2 Å². The number of pyridine rings is 1. The Morgan fingerprint density at radius 2 is 2.00 bits per heavy atom. The molecule has 5 heteroatoms. The minimum atomic E-state index is 0.671. The predicted octanol–water partition coefficient (Wildman–Crippen LogP) is 2.58. The summed E-state index contributed by atoms with van der Waals surface area (Å²) in [6.45, 7) is 4.84. The summed E-state index contributed by atoms with van der Waals surface area (Å²) in [6.07, 6.45) is 3.51. The first-order valence-electron chi connectivity index (χ1n) is 7.27. The topological polar surface area (TPSA) is 69.6 Å². The Balaban J connectivity index is 2.06. The lowest BCUT2D eigenvalue weighted by Crippen LogP contribution is -2.07. The number of rotatable bonds is 4. The number of hydrogen-bond acceptors (Lipinski definition) is 4. The lowest BCUT2D eigenvalue weighted by molar-refractivity contribution is 0.639. The summed E-state index contributed by atoms with van der Waals surface area (Å²) in [5.41, 5.74) is 8.83. The van der Waals surface area contributed by atoms with Gasteiger partial charge in [0.25, 0.3) is 0 Å². The van der Waals surface area contributed by atoms with E-state index in [9.17, 15) is 0 Å². The molecule has 0 atom stereocenters. The van der Waals surface area contributed by atoms with E-state index in [1.165, 1.54) is 0 Å². The molecule has 0 aliphatic rings. The molecule has 3 aromatic rings. The highest BCUT2D eigenvalue weighted by molar-refractivity contribution is 5.92. The molecule has 0 aliphatic heterocycles. The first-order chi connectivity index (χ1) is 10.2. The van der Waals surface area contributed by atoms with Crippen molar-refractivity contribution in [2.24, 2.45) is 0 Å². The van der Waals surface area contributed by atoms with Gasteiger partial charge in [-0.25, -0.2) is 9.67 Å². The fourth-order valence-electron chi connectivity index (χ4n) is 2.51. The van der Waals surface area contributed by atoms with Gasteiger partial charge in [-0.05, 0) is 18.2 Å². The summed E-state index contributed by atoms with van der Waals surface area (Å²) in [4.78, 5) is 9.03. The van der Waals surface area contributed by atoms with Gasteiger partial charge in [0, 0.05) is 35.7 Å². The molecule has 0 saturated heterocycles. The van der Waals surface area contributed by atoms with Gasteiger partial charge in [-0.3, -0.25) is 4.98 Å². The fourth-order valence-corrected chi connectivity index (χ4v) is 2.51. The molecule has 0 fully saturated rings. The number of nitrogens with two attached hydrogens (primary N) is 1. The van der Waals surface area contributed by atoms with Crippen molar-refractivity contribution in [3.63, 3.8) is 0 Å². The van der Waals surface area contributed by atoms with Crippen LogP contribution in [-0.4, -0.2) is 19.7 Å². The SMILES string of the molecule is CCc1nc(CC)n(Cc2ccc(N)c3cccnc23)n1. The molecule has 5 nitrogen and oxygen atoms in total. The molecule has 1 aromatic carbocycles. The van der Waals surface area contributed by atoms with Crippen LogP contribution in [0.1, 0.15) is 31.1 Å². The Kier molecular flexibility index (Phi) is 3.56. The molecule has 0 aliphatic carbocycles. The molecule has 0 amide bonds. The molecule has 21 heavy (non-hydrogen) atoms. The minimum absolute atomic E-state index is 0.671. The van der Waals surface area contributed by atoms with Crippen LogP contribution in [0.25, 0.3) is 10.9 Å². The van der Waals surface area contributed by atoms with E-state index >= 15 is 0 Å². The van der Waals surface area contributed by atoms with Crippen LogP contribution < -0.4 is 5.73 Å². The van der Waals surface area contributed by atoms with E-state index in [4.69, 9.17) is 5.73 Å². The van der Waals surface area contributed by atoms with Gasteiger partial charge >= 0.3 is 0 Å². The van der Waals surface area contributed by atoms with Crippen LogP contribution in [0.3, 0.4) is 0 Å². The molecule has 2 heterocycles. The van der Waals surface area contributed by atoms with Crippen molar-refractivity contribution >= 4 is 16.6 Å². The van der Waals surface area contributed by atoms with Gasteiger partial charge in [0.2, 0.25) is 0 Å². The molecule has 0 spiro atoms. The van der Waals surface area contributed by atoms with Crippen molar-refractivity contribution in [1.29, 1.82) is 0 Å². The third kappa shape index (κ3) is 2.46. The molecule has 2 N–H and O–H groups in total. The predicted molar refractivity (Wildman–Crippen MR) is 84.0 cm³/mol. The Morgan fingerprint density at radius 1 is 1.14 bits per heavy atom. The van der Waals surface area contributed by atoms with Crippen LogP contribution in [0.15, 0.2) is 30.5 Å². The fraction of sp³-hybridized carbons (Fsp3) is 0.312. The average Bonchev–Trinajstić information content (AvgIpc) is 2.92. The van der Waals surface area contributed by atoms with Gasteiger partial charge in [0.05, 0.1) is 12.1 Å². The Bertz CT molecular complexity index is 775. The molecule has 0 bridgehead atoms. The molecular weight excluding hydrogens is 262 g/mol. The number of nitrogens with zero attached hydrogens (tertiary/aromatic N) is 4. The van der Waals surface area contributed by atoms with Crippen molar-refractivity contribution < 1.29 is 0 Å². The first-order valence-corrected chi connectivity index (χ1v) is 7.27. The number of aryl methyl sites for hydroxylation is 2. The lowest BCUT2D eigenvalue weighted by Gasteiger charge is -2.09. The highest BCUT2D eigenvalue weighted by Crippen LogP contribution is 2.23. The highest BCUT2D eigenvalue weighted by Gasteiger charge is 2.11. The van der Waals surface area contributed by atoms with Crippen LogP contribution in [0.4, 0.5) is 5.69 Å². The maximum absolute atomic E-state index is 6.03. The zero-order chi connectivity index (χ0) is 14.8. The monoisotopic (exact) mass is 281 g/mol. The van der Waals surface area contributed by atoms with Crippen LogP contribution >= 0.6 is 0 Å². The van der Waals surface area contributed by atoms with E-state index in [0.717, 1.165) is 46.6 Å². The number of benzene rings is 1. The lowest BCUT2D eigenvalue weighted by atomic mass is 10.1. The van der Waals surface area contributed by atoms with Crippen LogP contribution in [0, 0.1) is 0 Å². The smallest absolute Gasteiger partial charge is 0.150 e. The summed E-state index contributed by atoms with van der Waals surface area (Å²) in [6, 6.07) is 7.87. The second-order valence-electron chi connectivity index (χ2n) is 5.02. The zero-order valence-electron chi connectivity index (χ0n) is 12.4. The van der Waals surface area contributed by atoms with E-state index < -0.39 is 0 Å². The van der Waals surface area contributed by atoms with E-state index in [1.807, 2.05) is 28.9 Å². The molecular formula is C16H19N5. The van der Waals surface area contributed by atoms with Gasteiger partial charge in [0.1, 0.15) is 5.82 Å². The average molecular weight is 281 g/mol. The van der Waals surface area contributed by atoms with Crippen molar-refractivity contribution in [3.8, 4) is 0 Å². The van der Waals surface area contributed by atoms with E-state index in [0.29, 0.717) is 6.54 Å². The Morgan fingerprint density at radius 3 is 2.76 bits per heavy atom. The van der Waals surface area contributed by atoms with Crippen LogP contribution in [-0.2, 0) is 19.4 Å². The third-order valence-electron chi connectivity index (χ3n) is 3.63. The maximum Gasteiger partial charge on any atom is 0.150 e. The van der Waals surface area contributed by atoms with Crippen LogP contribution in [0.2, 0.25) is 0 Å². The summed E-state index contributed by atoms with van der Waals surface area (Å²) in [7, 11) is 0. The second kappa shape index (κ2) is 5.52. The summed E-state index contributed by atoms with van der Waals surface area (Å²) < 4.78 is 1.97. The maximum atomic E-state index is 6.03. The van der Waals surface area contributed by atoms with Crippen molar-refractivity contribution in [1.82, 2.24) is 19.7 Å². The Labute approximate surface area is 123 Å². The first kappa shape index (κ1) is 13.5. The number of aromatic nitrogens is 4. The quantitative estimate of drug-likeness (QED) is 0.746. The molecule has 0 radical (unpaired) electrons. The van der Waals surface area contributed by atoms with Crippen molar-refractivity contribution in [2.75, 3.05) is 5.73 Å². The minimum Gasteiger partial charge on any atom is -0.398 e. The number of anilines is 1. The summed E-state index contributed by atoms with van der Waals surface area (Å²) >= 11 is 0. The van der Waals surface area contributed by atoms with Gasteiger partial charge in [0.15, 0.2) is 5.82 Å². The van der Waals surface area contributed by atoms with Crippen molar-refractivity contribution in [3.05, 3.63) is 47.7 Å². The normalized spacial score (nSPS) is 11.1. The third-order valence-corrected chi connectivity index (χ3v) is 3.63. The van der Waals surface area contributed by atoms with E-state index in [-0.39, 0.29) is 0 Å². The molecule has 0 unspecified atom stereocenters. The molecule has 108 valence electrons. The zero-order valence-corrected chi connectivity index (χ0v) is 12.4. The Hall–Kier alpha value is -2.43. The second-order valence-corrected chi connectivity index (χ2v) is 5.02. The number of nitrogen functional groups attached to an aromatic ring is 1. The largest absolute Gasteiger partial charge is 0.398 e.